The molecular weight excluding hydrogens is 226 g/mol. The number of aromatic carboxylic acids is 1. The first-order valence-electron chi connectivity index (χ1n) is 5.71. The van der Waals surface area contributed by atoms with Gasteiger partial charge in [0, 0.05) is 5.92 Å². The summed E-state index contributed by atoms with van der Waals surface area (Å²) in [6.07, 6.45) is 0.322. The predicted octanol–water partition coefficient (Wildman–Crippen LogP) is 3.53. The van der Waals surface area contributed by atoms with Crippen molar-refractivity contribution in [1.82, 2.24) is 0 Å². The van der Waals surface area contributed by atoms with E-state index in [4.69, 9.17) is 5.11 Å². The van der Waals surface area contributed by atoms with Gasteiger partial charge in [-0.15, -0.1) is 0 Å². The van der Waals surface area contributed by atoms with E-state index in [1.54, 1.807) is 0 Å². The second kappa shape index (κ2) is 4.82. The zero-order valence-electron chi connectivity index (χ0n) is 9.27. The van der Waals surface area contributed by atoms with Gasteiger partial charge in [-0.2, -0.15) is 0 Å². The van der Waals surface area contributed by atoms with Crippen molar-refractivity contribution in [1.29, 1.82) is 0 Å². The molecule has 0 heterocycles. The van der Waals surface area contributed by atoms with Crippen molar-refractivity contribution < 1.29 is 18.7 Å². The number of carboxylic acid groups (broad SMARTS) is 1. The molecule has 1 atom stereocenters. The topological polar surface area (TPSA) is 37.3 Å². The Bertz CT molecular complexity index is 396. The first kappa shape index (κ1) is 12.0. The van der Waals surface area contributed by atoms with Gasteiger partial charge in [0.05, 0.1) is 5.56 Å². The minimum atomic E-state index is -2.38. The van der Waals surface area contributed by atoms with E-state index in [0.29, 0.717) is 5.56 Å². The Labute approximate surface area is 98.3 Å². The van der Waals surface area contributed by atoms with Crippen LogP contribution in [0.3, 0.4) is 0 Å². The number of alkyl halides is 2. The zero-order chi connectivity index (χ0) is 12.4. The van der Waals surface area contributed by atoms with Crippen LogP contribution in [-0.2, 0) is 0 Å². The maximum atomic E-state index is 13.0. The van der Waals surface area contributed by atoms with Crippen LogP contribution in [0, 0.1) is 5.92 Å². The van der Waals surface area contributed by atoms with E-state index in [1.165, 1.54) is 24.3 Å². The van der Waals surface area contributed by atoms with Crippen molar-refractivity contribution in [2.75, 3.05) is 0 Å². The van der Waals surface area contributed by atoms with E-state index >= 15 is 0 Å². The normalized spacial score (nSPS) is 17.8. The highest BCUT2D eigenvalue weighted by Gasteiger charge is 2.34. The molecule has 0 aliphatic heterocycles. The van der Waals surface area contributed by atoms with Crippen molar-refractivity contribution >= 4 is 5.97 Å². The molecule has 1 unspecified atom stereocenters. The molecule has 1 aromatic rings. The third kappa shape index (κ3) is 2.46. The molecule has 92 valence electrons. The molecule has 0 radical (unpaired) electrons. The summed E-state index contributed by atoms with van der Waals surface area (Å²) >= 11 is 0. The molecule has 0 saturated heterocycles. The molecule has 0 bridgehead atoms. The molecule has 4 heteroatoms. The van der Waals surface area contributed by atoms with Gasteiger partial charge in [0.2, 0.25) is 6.43 Å². The van der Waals surface area contributed by atoms with Crippen molar-refractivity contribution in [2.24, 2.45) is 5.92 Å². The summed E-state index contributed by atoms with van der Waals surface area (Å²) in [5.41, 5.74) is 0.685. The van der Waals surface area contributed by atoms with E-state index in [2.05, 4.69) is 0 Å². The molecule has 1 aliphatic carbocycles. The maximum absolute atomic E-state index is 13.0. The summed E-state index contributed by atoms with van der Waals surface area (Å²) in [6.45, 7) is 0. The SMILES string of the molecule is O=C(O)c1ccc(C(C(F)F)C2CCC2)cc1. The molecule has 2 rings (SSSR count). The molecule has 1 N–H and O–H groups in total. The highest BCUT2D eigenvalue weighted by Crippen LogP contribution is 2.42. The van der Waals surface area contributed by atoms with Crippen LogP contribution in [-0.4, -0.2) is 17.5 Å². The van der Waals surface area contributed by atoms with Gasteiger partial charge in [0.25, 0.3) is 0 Å². The summed E-state index contributed by atoms with van der Waals surface area (Å²) in [5, 5.41) is 8.74. The Hall–Kier alpha value is -1.45. The van der Waals surface area contributed by atoms with Gasteiger partial charge in [0.1, 0.15) is 0 Å². The number of benzene rings is 1. The van der Waals surface area contributed by atoms with E-state index in [-0.39, 0.29) is 11.5 Å². The molecular formula is C13H14F2O2. The highest BCUT2D eigenvalue weighted by atomic mass is 19.3. The quantitative estimate of drug-likeness (QED) is 0.874. The lowest BCUT2D eigenvalue weighted by molar-refractivity contribution is 0.0617. The van der Waals surface area contributed by atoms with Gasteiger partial charge in [0.15, 0.2) is 0 Å². The van der Waals surface area contributed by atoms with Crippen LogP contribution in [0.1, 0.15) is 41.1 Å². The summed E-state index contributed by atoms with van der Waals surface area (Å²) in [6, 6.07) is 5.81. The number of hydrogen-bond donors (Lipinski definition) is 1. The van der Waals surface area contributed by atoms with Gasteiger partial charge >= 0.3 is 5.97 Å². The van der Waals surface area contributed by atoms with Gasteiger partial charge < -0.3 is 5.11 Å². The standard InChI is InChI=1S/C13H14F2O2/c14-12(15)11(8-2-1-3-8)9-4-6-10(7-5-9)13(16)17/h4-8,11-12H,1-3H2,(H,16,17). The van der Waals surface area contributed by atoms with Crippen LogP contribution in [0.4, 0.5) is 8.78 Å². The van der Waals surface area contributed by atoms with Crippen LogP contribution in [0.2, 0.25) is 0 Å². The van der Waals surface area contributed by atoms with E-state index in [0.717, 1.165) is 19.3 Å². The zero-order valence-corrected chi connectivity index (χ0v) is 9.27. The number of carbonyl (C=O) groups is 1. The van der Waals surface area contributed by atoms with Crippen molar-refractivity contribution in [3.63, 3.8) is 0 Å². The minimum Gasteiger partial charge on any atom is -0.478 e. The third-order valence-corrected chi connectivity index (χ3v) is 3.47. The monoisotopic (exact) mass is 240 g/mol. The molecule has 1 aromatic carbocycles. The van der Waals surface area contributed by atoms with Gasteiger partial charge in [-0.25, -0.2) is 13.6 Å². The minimum absolute atomic E-state index is 0.0469. The van der Waals surface area contributed by atoms with Crippen LogP contribution >= 0.6 is 0 Å². The lowest BCUT2D eigenvalue weighted by Gasteiger charge is -2.33. The van der Waals surface area contributed by atoms with Gasteiger partial charge in [-0.05, 0) is 36.5 Å². The van der Waals surface area contributed by atoms with Crippen LogP contribution in [0.25, 0.3) is 0 Å². The molecule has 1 aliphatic rings. The average Bonchev–Trinajstić information content (AvgIpc) is 2.23. The Balaban J connectivity index is 2.20. The summed E-state index contributed by atoms with van der Waals surface area (Å²) in [4.78, 5) is 10.7. The van der Waals surface area contributed by atoms with E-state index < -0.39 is 18.3 Å². The van der Waals surface area contributed by atoms with Crippen molar-refractivity contribution in [3.8, 4) is 0 Å². The second-order valence-electron chi connectivity index (χ2n) is 4.48. The van der Waals surface area contributed by atoms with Crippen LogP contribution < -0.4 is 0 Å². The largest absolute Gasteiger partial charge is 0.478 e. The Kier molecular flexibility index (Phi) is 3.41. The Morgan fingerprint density at radius 1 is 1.24 bits per heavy atom. The fraction of sp³-hybridized carbons (Fsp3) is 0.462. The van der Waals surface area contributed by atoms with Gasteiger partial charge in [-0.3, -0.25) is 0 Å². The summed E-state index contributed by atoms with van der Waals surface area (Å²) in [7, 11) is 0. The lowest BCUT2D eigenvalue weighted by Crippen LogP contribution is -2.25. The molecule has 0 aromatic heterocycles. The molecule has 1 fully saturated rings. The molecule has 17 heavy (non-hydrogen) atoms. The number of carboxylic acids is 1. The van der Waals surface area contributed by atoms with Gasteiger partial charge in [-0.1, -0.05) is 18.6 Å². The fourth-order valence-electron chi connectivity index (χ4n) is 2.27. The second-order valence-corrected chi connectivity index (χ2v) is 4.48. The van der Waals surface area contributed by atoms with E-state index in [9.17, 15) is 13.6 Å². The van der Waals surface area contributed by atoms with Crippen LogP contribution in [0.15, 0.2) is 24.3 Å². The van der Waals surface area contributed by atoms with Crippen LogP contribution in [0.5, 0.6) is 0 Å². The molecule has 0 amide bonds. The third-order valence-electron chi connectivity index (χ3n) is 3.47. The highest BCUT2D eigenvalue weighted by molar-refractivity contribution is 5.87. The smallest absolute Gasteiger partial charge is 0.335 e. The Morgan fingerprint density at radius 2 is 1.82 bits per heavy atom. The summed E-state index contributed by atoms with van der Waals surface area (Å²) < 4.78 is 26.0. The molecule has 1 saturated carbocycles. The number of halogens is 2. The van der Waals surface area contributed by atoms with E-state index in [1.807, 2.05) is 0 Å². The summed E-state index contributed by atoms with van der Waals surface area (Å²) in [5.74, 6) is -1.73. The van der Waals surface area contributed by atoms with Crippen molar-refractivity contribution in [2.45, 2.75) is 31.6 Å². The molecule has 0 spiro atoms. The average molecular weight is 240 g/mol. The Morgan fingerprint density at radius 3 is 2.18 bits per heavy atom. The predicted molar refractivity (Wildman–Crippen MR) is 59.5 cm³/mol. The lowest BCUT2D eigenvalue weighted by atomic mass is 9.73. The maximum Gasteiger partial charge on any atom is 0.335 e. The first-order valence-corrected chi connectivity index (χ1v) is 5.71. The first-order chi connectivity index (χ1) is 8.09. The van der Waals surface area contributed by atoms with Crippen molar-refractivity contribution in [3.05, 3.63) is 35.4 Å². The number of hydrogen-bond acceptors (Lipinski definition) is 1. The number of rotatable bonds is 4. The molecule has 2 nitrogen and oxygen atoms in total. The fourth-order valence-corrected chi connectivity index (χ4v) is 2.27.